The standard InChI is InChI=1S/C68H50O44/c69-22-1-14(2-23(70)39(22)79)59(94)102-12-33-55(52(92)53(93)67(105-33)111-60(95)15-3-24(71)40(80)25(72)4-15)107-66(101)21-10-31(78)45(85)51(91)54(21)104-32-11-20-38(50(90)46(32)86)37-17(7-28(75)44(84)49(37)89)63(98)108-56-34(13-103-62(20)97)106-68(112-61(96)16-5-26(73)41(81)27(74)6-16)58-57(56)109-64(99)18-8-29(76)42(82)47(87)35(18)36-19(65(100)110-58)9-30(77)43(83)48(36)88/h1-11,33-34,52-53,55-58,67-93H,12-13H2. The van der Waals surface area contributed by atoms with E-state index >= 15 is 9.59 Å². The average Bonchev–Trinajstić information content (AvgIpc) is 0.878. The number of aliphatic hydroxyl groups excluding tert-OH is 2. The van der Waals surface area contributed by atoms with Gasteiger partial charge < -0.3 is 180 Å². The van der Waals surface area contributed by atoms with Crippen molar-refractivity contribution in [1.29, 1.82) is 0 Å². The van der Waals surface area contributed by atoms with Gasteiger partial charge in [-0.15, -0.1) is 0 Å². The maximum absolute atomic E-state index is 15.1. The summed E-state index contributed by atoms with van der Waals surface area (Å²) in [7, 11) is 0. The second kappa shape index (κ2) is 28.4. The molecule has 4 heterocycles. The first-order chi connectivity index (χ1) is 52.7. The topological polar surface area (TPSA) is 744 Å². The number of esters is 8. The molecule has 10 atom stereocenters. The van der Waals surface area contributed by atoms with Crippen molar-refractivity contribution in [3.8, 4) is 166 Å². The molecule has 4 aliphatic heterocycles. The first-order valence-corrected chi connectivity index (χ1v) is 31.1. The lowest BCUT2D eigenvalue weighted by Crippen LogP contribution is -2.63. The molecular formula is C68H50O44. The van der Waals surface area contributed by atoms with Gasteiger partial charge in [-0.25, -0.2) is 38.4 Å². The molecule has 10 unspecified atom stereocenters. The lowest BCUT2D eigenvalue weighted by atomic mass is 9.91. The molecule has 44 nitrogen and oxygen atoms in total. The molecular weight excluding hydrogens is 1520 g/mol. The number of hydrogen-bond donors (Lipinski definition) is 25. The predicted octanol–water partition coefficient (Wildman–Crippen LogP) is 1.77. The smallest absolute Gasteiger partial charge is 0.342 e. The van der Waals surface area contributed by atoms with Gasteiger partial charge >= 0.3 is 47.8 Å². The highest BCUT2D eigenvalue weighted by Gasteiger charge is 2.57. The van der Waals surface area contributed by atoms with Gasteiger partial charge in [-0.1, -0.05) is 0 Å². The number of ether oxygens (including phenoxy) is 11. The second-order valence-electron chi connectivity index (χ2n) is 24.3. The van der Waals surface area contributed by atoms with E-state index in [1.807, 2.05) is 0 Å². The van der Waals surface area contributed by atoms with Gasteiger partial charge in [0.15, 0.2) is 128 Å². The number of phenolic OH excluding ortho intramolecular Hbond substituents is 23. The van der Waals surface area contributed by atoms with Crippen molar-refractivity contribution in [3.63, 3.8) is 0 Å². The van der Waals surface area contributed by atoms with Gasteiger partial charge in [0, 0.05) is 34.4 Å². The van der Waals surface area contributed by atoms with E-state index in [4.69, 9.17) is 52.1 Å². The minimum Gasteiger partial charge on any atom is -0.504 e. The van der Waals surface area contributed by atoms with E-state index in [-0.39, 0.29) is 18.2 Å². The molecule has 12 rings (SSSR count). The molecule has 0 aliphatic carbocycles. The van der Waals surface area contributed by atoms with Crippen LogP contribution >= 0.6 is 0 Å². The fraction of sp³-hybridized carbons (Fsp3) is 0.176. The van der Waals surface area contributed by atoms with E-state index in [2.05, 4.69) is 0 Å². The molecule has 2 fully saturated rings. The van der Waals surface area contributed by atoms with Crippen LogP contribution in [0.25, 0.3) is 22.3 Å². The lowest BCUT2D eigenvalue weighted by Gasteiger charge is -2.44. The van der Waals surface area contributed by atoms with Gasteiger partial charge in [0.25, 0.3) is 0 Å². The average molecular weight is 1570 g/mol. The summed E-state index contributed by atoms with van der Waals surface area (Å²) < 4.78 is 61.3. The van der Waals surface area contributed by atoms with Crippen LogP contribution in [0.1, 0.15) is 82.9 Å². The number of carbonyl (C=O) groups excluding carboxylic acids is 8. The molecule has 8 aromatic carbocycles. The highest BCUT2D eigenvalue weighted by molar-refractivity contribution is 6.10. The number of aliphatic hydroxyl groups is 2. The zero-order valence-electron chi connectivity index (χ0n) is 55.0. The van der Waals surface area contributed by atoms with Crippen molar-refractivity contribution >= 4 is 47.8 Å². The fourth-order valence-electron chi connectivity index (χ4n) is 11.8. The van der Waals surface area contributed by atoms with Gasteiger partial charge in [-0.2, -0.15) is 0 Å². The summed E-state index contributed by atoms with van der Waals surface area (Å²) in [6.07, 6.45) is -25.9. The number of benzene rings is 8. The van der Waals surface area contributed by atoms with Crippen LogP contribution in [0.3, 0.4) is 0 Å². The quantitative estimate of drug-likeness (QED) is 0.0498. The third kappa shape index (κ3) is 13.2. The van der Waals surface area contributed by atoms with Gasteiger partial charge in [-0.05, 0) is 54.6 Å². The zero-order valence-corrected chi connectivity index (χ0v) is 55.0. The molecule has 2 saturated heterocycles. The van der Waals surface area contributed by atoms with Crippen molar-refractivity contribution in [2.45, 2.75) is 61.4 Å². The number of aromatic hydroxyl groups is 23. The van der Waals surface area contributed by atoms with Crippen LogP contribution in [-0.4, -0.2) is 250 Å². The summed E-state index contributed by atoms with van der Waals surface area (Å²) in [5.74, 6) is -50.2. The summed E-state index contributed by atoms with van der Waals surface area (Å²) in [6.45, 7) is -2.90. The Morgan fingerprint density at radius 1 is 0.348 bits per heavy atom. The molecule has 0 amide bonds. The molecule has 8 aromatic rings. The molecule has 0 saturated carbocycles. The number of carbonyl (C=O) groups is 8. The van der Waals surface area contributed by atoms with E-state index in [0.29, 0.717) is 48.5 Å². The van der Waals surface area contributed by atoms with Crippen LogP contribution in [-0.2, 0) is 47.4 Å². The number of phenols is 23. The first kappa shape index (κ1) is 76.2. The lowest BCUT2D eigenvalue weighted by molar-refractivity contribution is -0.284. The van der Waals surface area contributed by atoms with Crippen LogP contribution in [0.2, 0.25) is 0 Å². The highest BCUT2D eigenvalue weighted by atomic mass is 16.8. The summed E-state index contributed by atoms with van der Waals surface area (Å²) in [6, 6.07) is 4.48. The molecule has 44 heteroatoms. The third-order valence-corrected chi connectivity index (χ3v) is 17.3. The van der Waals surface area contributed by atoms with Crippen LogP contribution in [0.4, 0.5) is 0 Å². The van der Waals surface area contributed by atoms with E-state index < -0.39 is 333 Å². The van der Waals surface area contributed by atoms with E-state index in [1.165, 1.54) is 0 Å². The van der Waals surface area contributed by atoms with E-state index in [0.717, 1.165) is 0 Å². The Hall–Kier alpha value is -15.4. The number of hydrogen-bond acceptors (Lipinski definition) is 44. The van der Waals surface area contributed by atoms with Gasteiger partial charge in [0.05, 0.1) is 38.9 Å². The Labute approximate surface area is 616 Å². The second-order valence-corrected chi connectivity index (χ2v) is 24.3. The predicted molar refractivity (Wildman–Crippen MR) is 345 cm³/mol. The molecule has 586 valence electrons. The summed E-state index contributed by atoms with van der Waals surface area (Å²) >= 11 is 0. The Morgan fingerprint density at radius 3 is 1.16 bits per heavy atom. The number of rotatable bonds is 11. The summed E-state index contributed by atoms with van der Waals surface area (Å²) in [4.78, 5) is 115. The molecule has 0 aromatic heterocycles. The molecule has 0 radical (unpaired) electrons. The van der Waals surface area contributed by atoms with Crippen molar-refractivity contribution in [1.82, 2.24) is 0 Å². The molecule has 0 bridgehead atoms. The van der Waals surface area contributed by atoms with Crippen LogP contribution in [0, 0.1) is 0 Å². The maximum atomic E-state index is 15.1. The third-order valence-electron chi connectivity index (χ3n) is 17.3. The van der Waals surface area contributed by atoms with Crippen LogP contribution in [0.5, 0.6) is 144 Å². The molecule has 4 aliphatic rings. The van der Waals surface area contributed by atoms with E-state index in [9.17, 15) is 156 Å². The molecule has 0 spiro atoms. The van der Waals surface area contributed by atoms with Crippen molar-refractivity contribution in [2.24, 2.45) is 0 Å². The molecule has 112 heavy (non-hydrogen) atoms. The molecule has 25 N–H and O–H groups in total. The zero-order chi connectivity index (χ0) is 81.7. The SMILES string of the molecule is O=C(OCC1OC(OC(=O)c2cc(O)c(O)c(O)c2)C(O)C(O)C1OC(=O)c1cc(O)c(O)c(O)c1Oc1cc2c(c(O)c1O)-c1c(cc(O)c(O)c1O)C(=O)OC1C(COC2=O)OC(OC(=O)c2cc(O)c(O)c(O)c2)C2OC(=O)c3cc(O)c(O)c(O)c3-c3c(cc(O)c(O)c3O)C(=O)OC12)c1cc(O)c(O)c(O)c1. The van der Waals surface area contributed by atoms with Crippen LogP contribution < -0.4 is 4.74 Å². The Kier molecular flexibility index (Phi) is 19.3. The largest absolute Gasteiger partial charge is 0.504 e. The Morgan fingerprint density at radius 2 is 0.714 bits per heavy atom. The highest BCUT2D eigenvalue weighted by Crippen LogP contribution is 2.58. The summed E-state index contributed by atoms with van der Waals surface area (Å²) in [5, 5.41) is 270. The van der Waals surface area contributed by atoms with Crippen molar-refractivity contribution in [2.75, 3.05) is 13.2 Å². The summed E-state index contributed by atoms with van der Waals surface area (Å²) in [5.41, 5.74) is -14.2. The maximum Gasteiger partial charge on any atom is 0.342 e. The Balaban J connectivity index is 0.943. The number of cyclic esters (lactones) is 1. The monoisotopic (exact) mass is 1570 g/mol. The van der Waals surface area contributed by atoms with Gasteiger partial charge in [-0.3, -0.25) is 0 Å². The van der Waals surface area contributed by atoms with Crippen LogP contribution in [0.15, 0.2) is 66.7 Å². The first-order valence-electron chi connectivity index (χ1n) is 31.1. The Bertz CT molecular complexity index is 5320. The minimum absolute atomic E-state index is 0.208. The fourth-order valence-corrected chi connectivity index (χ4v) is 11.8. The van der Waals surface area contributed by atoms with Crippen molar-refractivity contribution in [3.05, 3.63) is 111 Å². The van der Waals surface area contributed by atoms with Gasteiger partial charge in [0.2, 0.25) is 53.2 Å². The minimum atomic E-state index is -2.78. The normalized spacial score (nSPS) is 20.6. The van der Waals surface area contributed by atoms with E-state index in [1.54, 1.807) is 0 Å². The number of fused-ring (bicyclic) bond motifs is 9. The van der Waals surface area contributed by atoms with Crippen molar-refractivity contribution < 1.29 is 218 Å². The van der Waals surface area contributed by atoms with Gasteiger partial charge in [0.1, 0.15) is 43.2 Å².